The predicted octanol–water partition coefficient (Wildman–Crippen LogP) is 5.91. The van der Waals surface area contributed by atoms with Crippen LogP contribution >= 0.6 is 15.9 Å². The highest BCUT2D eigenvalue weighted by molar-refractivity contribution is 9.10. The molecular formula is C21H20BrFN2O3. The number of methoxy groups -OCH3 is 1. The lowest BCUT2D eigenvalue weighted by Gasteiger charge is -2.17. The average molecular weight is 447 g/mol. The number of hydrogen-bond acceptors (Lipinski definition) is 3. The first-order chi connectivity index (χ1) is 13.4. The summed E-state index contributed by atoms with van der Waals surface area (Å²) < 4.78 is 27.7. The molecule has 1 atom stereocenters. The Morgan fingerprint density at radius 2 is 1.86 bits per heavy atom. The maximum Gasteiger partial charge on any atom is 0.413 e. The van der Waals surface area contributed by atoms with Gasteiger partial charge >= 0.3 is 6.09 Å². The van der Waals surface area contributed by atoms with E-state index in [2.05, 4.69) is 21.2 Å². The zero-order chi connectivity index (χ0) is 20.3. The molecule has 0 aliphatic carbocycles. The van der Waals surface area contributed by atoms with Gasteiger partial charge in [0.05, 0.1) is 12.7 Å². The third-order valence-electron chi connectivity index (χ3n) is 4.35. The number of hydrogen-bond donors (Lipinski definition) is 1. The van der Waals surface area contributed by atoms with Crippen LogP contribution in [0.3, 0.4) is 0 Å². The van der Waals surface area contributed by atoms with Gasteiger partial charge in [0, 0.05) is 23.3 Å². The molecule has 7 heteroatoms. The van der Waals surface area contributed by atoms with Crippen LogP contribution in [0.5, 0.6) is 5.75 Å². The molecule has 1 N–H and O–H groups in total. The molecule has 3 rings (SSSR count). The minimum atomic E-state index is -0.682. The summed E-state index contributed by atoms with van der Waals surface area (Å²) in [6.45, 7) is 1.75. The molecular weight excluding hydrogens is 427 g/mol. The maximum absolute atomic E-state index is 14.5. The average Bonchev–Trinajstić information content (AvgIpc) is 2.95. The van der Waals surface area contributed by atoms with Crippen molar-refractivity contribution < 1.29 is 18.7 Å². The van der Waals surface area contributed by atoms with Crippen LogP contribution in [0, 0.1) is 5.82 Å². The Morgan fingerprint density at radius 3 is 2.54 bits per heavy atom. The second kappa shape index (κ2) is 8.48. The van der Waals surface area contributed by atoms with Crippen LogP contribution < -0.4 is 10.1 Å². The van der Waals surface area contributed by atoms with Crippen molar-refractivity contribution in [1.29, 1.82) is 0 Å². The van der Waals surface area contributed by atoms with Crippen molar-refractivity contribution in [2.75, 3.05) is 12.4 Å². The van der Waals surface area contributed by atoms with Crippen molar-refractivity contribution in [2.24, 2.45) is 7.05 Å². The fourth-order valence-electron chi connectivity index (χ4n) is 2.98. The van der Waals surface area contributed by atoms with E-state index in [9.17, 15) is 9.18 Å². The number of anilines is 1. The molecule has 0 radical (unpaired) electrons. The molecule has 0 fully saturated rings. The van der Waals surface area contributed by atoms with Crippen LogP contribution in [0.15, 0.2) is 59.2 Å². The number of rotatable bonds is 5. The third kappa shape index (κ3) is 4.20. The third-order valence-corrected chi connectivity index (χ3v) is 4.88. The zero-order valence-electron chi connectivity index (χ0n) is 15.7. The van der Waals surface area contributed by atoms with Gasteiger partial charge < -0.3 is 14.0 Å². The molecule has 5 nitrogen and oxygen atoms in total. The molecule has 0 bridgehead atoms. The largest absolute Gasteiger partial charge is 0.496 e. The van der Waals surface area contributed by atoms with Crippen LogP contribution in [-0.4, -0.2) is 17.8 Å². The molecule has 0 saturated heterocycles. The van der Waals surface area contributed by atoms with E-state index in [1.165, 1.54) is 10.8 Å². The Labute approximate surface area is 171 Å². The van der Waals surface area contributed by atoms with E-state index >= 15 is 0 Å². The Morgan fingerprint density at radius 1 is 1.18 bits per heavy atom. The van der Waals surface area contributed by atoms with Crippen LogP contribution in [0.1, 0.15) is 18.6 Å². The molecule has 0 saturated carbocycles. The van der Waals surface area contributed by atoms with E-state index in [0.717, 1.165) is 10.0 Å². The second-order valence-electron chi connectivity index (χ2n) is 6.23. The monoisotopic (exact) mass is 446 g/mol. The van der Waals surface area contributed by atoms with Gasteiger partial charge in [0.15, 0.2) is 5.82 Å². The van der Waals surface area contributed by atoms with E-state index in [4.69, 9.17) is 9.47 Å². The van der Waals surface area contributed by atoms with Gasteiger partial charge in [0.1, 0.15) is 17.7 Å². The zero-order valence-corrected chi connectivity index (χ0v) is 17.3. The number of para-hydroxylation sites is 1. The summed E-state index contributed by atoms with van der Waals surface area (Å²) in [6, 6.07) is 14.5. The smallest absolute Gasteiger partial charge is 0.413 e. The number of aryl methyl sites for hydroxylation is 1. The van der Waals surface area contributed by atoms with E-state index in [1.54, 1.807) is 39.3 Å². The summed E-state index contributed by atoms with van der Waals surface area (Å²) in [6.07, 6.45) is 0.0896. The summed E-state index contributed by atoms with van der Waals surface area (Å²) in [5.74, 6) is 0.512. The molecule has 0 aliphatic heterocycles. The number of carbonyl (C=O) groups excluding carboxylic acids is 1. The molecule has 1 amide bonds. The molecule has 2 aromatic carbocycles. The van der Waals surface area contributed by atoms with Crippen LogP contribution in [0.2, 0.25) is 0 Å². The van der Waals surface area contributed by atoms with Crippen LogP contribution in [-0.2, 0) is 11.8 Å². The van der Waals surface area contributed by atoms with Gasteiger partial charge in [-0.2, -0.15) is 0 Å². The topological polar surface area (TPSA) is 52.5 Å². The number of amides is 1. The second-order valence-corrected chi connectivity index (χ2v) is 7.15. The van der Waals surface area contributed by atoms with Gasteiger partial charge in [0.25, 0.3) is 0 Å². The quantitative estimate of drug-likeness (QED) is 0.529. The van der Waals surface area contributed by atoms with E-state index in [1.807, 2.05) is 30.3 Å². The summed E-state index contributed by atoms with van der Waals surface area (Å²) in [7, 11) is 3.22. The number of aromatic nitrogens is 1. The summed E-state index contributed by atoms with van der Waals surface area (Å²) in [4.78, 5) is 12.5. The SMILES string of the molecule is COc1ccccc1[C@@H](C)OC(=O)Nc1c(-c2ccc(Br)cc2)c(F)cn1C. The van der Waals surface area contributed by atoms with E-state index in [-0.39, 0.29) is 0 Å². The van der Waals surface area contributed by atoms with E-state index < -0.39 is 18.0 Å². The summed E-state index contributed by atoms with van der Waals surface area (Å²) in [5, 5.41) is 2.66. The molecule has 0 spiro atoms. The van der Waals surface area contributed by atoms with Gasteiger partial charge in [0.2, 0.25) is 0 Å². The molecule has 146 valence electrons. The highest BCUT2D eigenvalue weighted by Crippen LogP contribution is 2.33. The van der Waals surface area contributed by atoms with Gasteiger partial charge in [-0.05, 0) is 30.7 Å². The van der Waals surface area contributed by atoms with Crippen molar-refractivity contribution in [3.63, 3.8) is 0 Å². The molecule has 0 unspecified atom stereocenters. The van der Waals surface area contributed by atoms with Crippen molar-refractivity contribution in [3.8, 4) is 16.9 Å². The molecule has 0 aliphatic rings. The predicted molar refractivity (Wildman–Crippen MR) is 110 cm³/mol. The summed E-state index contributed by atoms with van der Waals surface area (Å²) >= 11 is 3.36. The fourth-order valence-corrected chi connectivity index (χ4v) is 3.25. The minimum Gasteiger partial charge on any atom is -0.496 e. The fraction of sp³-hybridized carbons (Fsp3) is 0.190. The van der Waals surface area contributed by atoms with Crippen molar-refractivity contribution in [1.82, 2.24) is 4.57 Å². The van der Waals surface area contributed by atoms with Crippen molar-refractivity contribution in [2.45, 2.75) is 13.0 Å². The minimum absolute atomic E-state index is 0.303. The number of benzene rings is 2. The highest BCUT2D eigenvalue weighted by atomic mass is 79.9. The molecule has 1 heterocycles. The van der Waals surface area contributed by atoms with E-state index in [0.29, 0.717) is 22.7 Å². The number of ether oxygens (including phenoxy) is 2. The first kappa shape index (κ1) is 19.9. The standard InChI is InChI=1S/C21H20BrFN2O3/c1-13(16-6-4-5-7-18(16)27-3)28-21(26)24-20-19(17(23)12-25(20)2)14-8-10-15(22)11-9-14/h4-13H,1-3H3,(H,24,26)/t13-/m1/s1. The van der Waals surface area contributed by atoms with Crippen molar-refractivity contribution >= 4 is 27.8 Å². The summed E-state index contributed by atoms with van der Waals surface area (Å²) in [5.41, 5.74) is 1.69. The molecule has 3 aromatic rings. The van der Waals surface area contributed by atoms with Crippen LogP contribution in [0.25, 0.3) is 11.1 Å². The Hall–Kier alpha value is -2.80. The Balaban J connectivity index is 1.82. The maximum atomic E-state index is 14.5. The Kier molecular flexibility index (Phi) is 6.04. The Bertz CT molecular complexity index is 986. The first-order valence-corrected chi connectivity index (χ1v) is 9.41. The van der Waals surface area contributed by atoms with Gasteiger partial charge in [-0.25, -0.2) is 9.18 Å². The molecule has 1 aromatic heterocycles. The van der Waals surface area contributed by atoms with Crippen molar-refractivity contribution in [3.05, 3.63) is 70.6 Å². The van der Waals surface area contributed by atoms with Gasteiger partial charge in [-0.1, -0.05) is 46.3 Å². The van der Waals surface area contributed by atoms with Gasteiger partial charge in [-0.3, -0.25) is 5.32 Å². The van der Waals surface area contributed by atoms with Crippen LogP contribution in [0.4, 0.5) is 15.0 Å². The highest BCUT2D eigenvalue weighted by Gasteiger charge is 2.21. The normalized spacial score (nSPS) is 11.8. The number of carbonyl (C=O) groups is 1. The first-order valence-electron chi connectivity index (χ1n) is 8.62. The molecule has 28 heavy (non-hydrogen) atoms. The lowest BCUT2D eigenvalue weighted by atomic mass is 10.1. The van der Waals surface area contributed by atoms with Gasteiger partial charge in [-0.15, -0.1) is 0 Å². The number of halogens is 2. The number of nitrogens with zero attached hydrogens (tertiary/aromatic N) is 1. The lowest BCUT2D eigenvalue weighted by molar-refractivity contribution is 0.119. The number of nitrogens with one attached hydrogen (secondary N) is 1. The lowest BCUT2D eigenvalue weighted by Crippen LogP contribution is -2.18.